The molecule has 0 bridgehead atoms. The Kier molecular flexibility index (Phi) is 7.59. The molecule has 2 N–H and O–H groups in total. The highest BCUT2D eigenvalue weighted by atomic mass is 16.6. The molecule has 208 valence electrons. The number of nitrogens with one attached hydrogen (secondary N) is 1. The number of amides is 2. The molecule has 2 aliphatic heterocycles. The topological polar surface area (TPSA) is 104 Å². The smallest absolute Gasteiger partial charge is 0.410 e. The van der Waals surface area contributed by atoms with Crippen molar-refractivity contribution in [3.63, 3.8) is 0 Å². The number of ether oxygens (including phenoxy) is 2. The van der Waals surface area contributed by atoms with E-state index in [0.29, 0.717) is 31.5 Å². The minimum atomic E-state index is -0.527. The van der Waals surface area contributed by atoms with Gasteiger partial charge in [-0.25, -0.2) is 4.79 Å². The number of hydrogen-bond donors (Lipinski definition) is 2. The Hall–Kier alpha value is -3.88. The number of fused-ring (bicyclic) bond motifs is 1. The van der Waals surface area contributed by atoms with Gasteiger partial charge in [-0.05, 0) is 76.1 Å². The van der Waals surface area contributed by atoms with E-state index in [9.17, 15) is 14.7 Å². The van der Waals surface area contributed by atoms with Gasteiger partial charge in [-0.1, -0.05) is 0 Å². The lowest BCUT2D eigenvalue weighted by atomic mass is 10.1. The average molecular weight is 536 g/mol. The Morgan fingerprint density at radius 2 is 1.64 bits per heavy atom. The zero-order valence-corrected chi connectivity index (χ0v) is 22.8. The highest BCUT2D eigenvalue weighted by Gasteiger charge is 2.28. The Morgan fingerprint density at radius 1 is 0.949 bits per heavy atom. The lowest BCUT2D eigenvalue weighted by Gasteiger charge is -2.33. The molecule has 9 nitrogen and oxygen atoms in total. The Morgan fingerprint density at radius 3 is 2.31 bits per heavy atom. The molecule has 0 aliphatic carbocycles. The van der Waals surface area contributed by atoms with Crippen molar-refractivity contribution >= 4 is 28.7 Å². The van der Waals surface area contributed by atoms with Crippen LogP contribution in [-0.2, 0) is 4.74 Å². The van der Waals surface area contributed by atoms with Crippen LogP contribution in [0, 0.1) is 0 Å². The van der Waals surface area contributed by atoms with Crippen molar-refractivity contribution in [2.45, 2.75) is 64.2 Å². The van der Waals surface area contributed by atoms with Crippen molar-refractivity contribution in [3.8, 4) is 11.5 Å². The normalized spacial score (nSPS) is 17.3. The number of rotatable bonds is 5. The van der Waals surface area contributed by atoms with Gasteiger partial charge >= 0.3 is 6.09 Å². The fraction of sp³-hybridized carbons (Fsp3) is 0.467. The second-order valence-corrected chi connectivity index (χ2v) is 11.3. The lowest BCUT2D eigenvalue weighted by molar-refractivity contribution is 0.0199. The van der Waals surface area contributed by atoms with Crippen LogP contribution >= 0.6 is 0 Å². The van der Waals surface area contributed by atoms with Crippen LogP contribution in [-0.4, -0.2) is 65.9 Å². The van der Waals surface area contributed by atoms with Crippen molar-refractivity contribution in [1.29, 1.82) is 0 Å². The van der Waals surface area contributed by atoms with Crippen LogP contribution in [0.1, 0.15) is 57.0 Å². The van der Waals surface area contributed by atoms with E-state index in [1.165, 1.54) is 0 Å². The molecule has 0 radical (unpaired) electrons. The number of nitrogens with zero attached hydrogens (tertiary/aromatic N) is 2. The van der Waals surface area contributed by atoms with Crippen molar-refractivity contribution in [3.05, 3.63) is 54.3 Å². The van der Waals surface area contributed by atoms with E-state index < -0.39 is 5.60 Å². The van der Waals surface area contributed by atoms with Crippen LogP contribution in [0.4, 0.5) is 10.5 Å². The Balaban J connectivity index is 1.12. The molecular weight excluding hydrogens is 498 g/mol. The van der Waals surface area contributed by atoms with Gasteiger partial charge in [-0.15, -0.1) is 0 Å². The summed E-state index contributed by atoms with van der Waals surface area (Å²) < 4.78 is 17.6. The highest BCUT2D eigenvalue weighted by molar-refractivity contribution is 5.96. The predicted octanol–water partition coefficient (Wildman–Crippen LogP) is 5.32. The van der Waals surface area contributed by atoms with Crippen LogP contribution in [0.3, 0.4) is 0 Å². The summed E-state index contributed by atoms with van der Waals surface area (Å²) in [5.41, 5.74) is 1.18. The van der Waals surface area contributed by atoms with Gasteiger partial charge in [0.25, 0.3) is 5.91 Å². The zero-order valence-electron chi connectivity index (χ0n) is 22.8. The number of carbonyl (C=O) groups excluding carboxylic acids is 2. The van der Waals surface area contributed by atoms with Gasteiger partial charge < -0.3 is 34.1 Å². The summed E-state index contributed by atoms with van der Waals surface area (Å²) >= 11 is 0. The molecule has 0 atom stereocenters. The van der Waals surface area contributed by atoms with Gasteiger partial charge in [-0.2, -0.15) is 0 Å². The second kappa shape index (κ2) is 11.1. The maximum atomic E-state index is 12.9. The molecule has 3 heterocycles. The molecule has 0 saturated carbocycles. The van der Waals surface area contributed by atoms with Crippen molar-refractivity contribution in [1.82, 2.24) is 10.2 Å². The largest absolute Gasteiger partial charge is 0.508 e. The molecule has 9 heteroatoms. The number of phenolic OH excluding ortho intramolecular Hbond substituents is 1. The number of likely N-dealkylation sites (tertiary alicyclic amines) is 1. The third kappa shape index (κ3) is 6.77. The molecule has 0 spiro atoms. The molecular formula is C30H37N3O6. The number of phenols is 1. The fourth-order valence-electron chi connectivity index (χ4n) is 5.07. The molecule has 2 aliphatic rings. The number of benzene rings is 2. The van der Waals surface area contributed by atoms with Crippen LogP contribution < -0.4 is 15.0 Å². The van der Waals surface area contributed by atoms with Gasteiger partial charge in [0.05, 0.1) is 0 Å². The minimum Gasteiger partial charge on any atom is -0.508 e. The number of aromatic hydroxyl groups is 1. The molecule has 1 aromatic heterocycles. The number of piperidine rings is 2. The molecule has 5 rings (SSSR count). The average Bonchev–Trinajstić information content (AvgIpc) is 3.33. The predicted molar refractivity (Wildman–Crippen MR) is 148 cm³/mol. The summed E-state index contributed by atoms with van der Waals surface area (Å²) in [6.45, 7) is 8.37. The Labute approximate surface area is 228 Å². The van der Waals surface area contributed by atoms with Gasteiger partial charge in [0, 0.05) is 62.2 Å². The van der Waals surface area contributed by atoms with E-state index in [1.54, 1.807) is 23.1 Å². The number of hydrogen-bond acceptors (Lipinski definition) is 7. The fourth-order valence-corrected chi connectivity index (χ4v) is 5.07. The van der Waals surface area contributed by atoms with E-state index in [1.807, 2.05) is 51.1 Å². The maximum Gasteiger partial charge on any atom is 0.410 e. The van der Waals surface area contributed by atoms with Gasteiger partial charge in [0.1, 0.15) is 28.8 Å². The summed E-state index contributed by atoms with van der Waals surface area (Å²) in [4.78, 5) is 29.2. The molecule has 2 amide bonds. The third-order valence-electron chi connectivity index (χ3n) is 7.16. The van der Waals surface area contributed by atoms with Crippen molar-refractivity contribution in [2.75, 3.05) is 31.1 Å². The maximum absolute atomic E-state index is 12.9. The standard InChI is InChI=1S/C30H37N3O6/c1-30(2,3)39-29(36)33-14-10-21(11-15-33)31-28(35)27-18-20-4-9-25(19-26(20)38-27)37-24-12-16-32(17-13-24)22-5-7-23(34)8-6-22/h4-9,18-19,21,24,34H,10-17H2,1-3H3,(H,31,35). The van der Waals surface area contributed by atoms with E-state index in [2.05, 4.69) is 10.2 Å². The number of furan rings is 1. The van der Waals surface area contributed by atoms with Gasteiger partial charge in [-0.3, -0.25) is 4.79 Å². The third-order valence-corrected chi connectivity index (χ3v) is 7.16. The highest BCUT2D eigenvalue weighted by Crippen LogP contribution is 2.28. The molecule has 3 aromatic rings. The molecule has 2 fully saturated rings. The monoisotopic (exact) mass is 535 g/mol. The zero-order chi connectivity index (χ0) is 27.6. The van der Waals surface area contributed by atoms with Crippen molar-refractivity contribution < 1.29 is 28.6 Å². The molecule has 0 unspecified atom stereocenters. The number of anilines is 1. The van der Waals surface area contributed by atoms with Gasteiger partial charge in [0.2, 0.25) is 0 Å². The second-order valence-electron chi connectivity index (χ2n) is 11.3. The summed E-state index contributed by atoms with van der Waals surface area (Å²) in [6.07, 6.45) is 2.88. The SMILES string of the molecule is CC(C)(C)OC(=O)N1CCC(NC(=O)c2cc3ccc(OC4CCN(c5ccc(O)cc5)CC4)cc3o2)CC1. The summed E-state index contributed by atoms with van der Waals surface area (Å²) in [5.74, 6) is 0.998. The minimum absolute atomic E-state index is 0.0317. The van der Waals surface area contributed by atoms with E-state index in [-0.39, 0.29) is 35.7 Å². The first-order valence-corrected chi connectivity index (χ1v) is 13.7. The summed E-state index contributed by atoms with van der Waals surface area (Å²) in [7, 11) is 0. The molecule has 39 heavy (non-hydrogen) atoms. The van der Waals surface area contributed by atoms with Crippen LogP contribution in [0.15, 0.2) is 52.9 Å². The van der Waals surface area contributed by atoms with E-state index in [4.69, 9.17) is 13.9 Å². The first-order valence-electron chi connectivity index (χ1n) is 13.7. The Bertz CT molecular complexity index is 1300. The molecule has 2 saturated heterocycles. The van der Waals surface area contributed by atoms with E-state index >= 15 is 0 Å². The van der Waals surface area contributed by atoms with Crippen LogP contribution in [0.25, 0.3) is 11.0 Å². The van der Waals surface area contributed by atoms with Crippen LogP contribution in [0.2, 0.25) is 0 Å². The quantitative estimate of drug-likeness (QED) is 0.456. The summed E-state index contributed by atoms with van der Waals surface area (Å²) in [6, 6.07) is 14.7. The van der Waals surface area contributed by atoms with Crippen LogP contribution in [0.5, 0.6) is 11.5 Å². The van der Waals surface area contributed by atoms with E-state index in [0.717, 1.165) is 42.8 Å². The first-order chi connectivity index (χ1) is 18.6. The lowest BCUT2D eigenvalue weighted by Crippen LogP contribution is -2.47. The van der Waals surface area contributed by atoms with Gasteiger partial charge in [0.15, 0.2) is 5.76 Å². The molecule has 2 aromatic carbocycles. The summed E-state index contributed by atoms with van der Waals surface area (Å²) in [5, 5.41) is 13.4. The van der Waals surface area contributed by atoms with Crippen molar-refractivity contribution in [2.24, 2.45) is 0 Å². The number of carbonyl (C=O) groups is 2. The first kappa shape index (κ1) is 26.7.